The van der Waals surface area contributed by atoms with Gasteiger partial charge in [-0.15, -0.1) is 0 Å². The van der Waals surface area contributed by atoms with Crippen LogP contribution < -0.4 is 16.8 Å². The van der Waals surface area contributed by atoms with E-state index in [1.807, 2.05) is 20.8 Å². The van der Waals surface area contributed by atoms with E-state index in [0.717, 1.165) is 0 Å². The Morgan fingerprint density at radius 1 is 1.46 bits per heavy atom. The average Bonchev–Trinajstić information content (AvgIpc) is 2.96. The van der Waals surface area contributed by atoms with E-state index in [0.29, 0.717) is 24.7 Å². The van der Waals surface area contributed by atoms with E-state index < -0.39 is 11.5 Å². The summed E-state index contributed by atoms with van der Waals surface area (Å²) in [7, 11) is 0. The maximum atomic E-state index is 12.1. The molecular formula is C17H25N5O4. The Kier molecular flexibility index (Phi) is 5.91. The number of likely N-dealkylation sites (tertiary alicyclic amines) is 1. The SMILES string of the molecule is CC(C)(C)OC(=O)N1CC(c2nc(C(=O)NC/C(N)=C/C=C\N)co2)C1. The van der Waals surface area contributed by atoms with Gasteiger partial charge in [0, 0.05) is 18.8 Å². The van der Waals surface area contributed by atoms with Gasteiger partial charge in [0.05, 0.1) is 12.5 Å². The molecule has 0 saturated carbocycles. The number of nitrogens with two attached hydrogens (primary N) is 2. The third-order valence-corrected chi connectivity index (χ3v) is 3.51. The van der Waals surface area contributed by atoms with Crippen LogP contribution in [0.2, 0.25) is 0 Å². The van der Waals surface area contributed by atoms with Gasteiger partial charge >= 0.3 is 6.09 Å². The smallest absolute Gasteiger partial charge is 0.410 e. The van der Waals surface area contributed by atoms with Gasteiger partial charge in [0.25, 0.3) is 5.91 Å². The fourth-order valence-electron chi connectivity index (χ4n) is 2.20. The topological polar surface area (TPSA) is 137 Å². The second-order valence-corrected chi connectivity index (χ2v) is 6.96. The van der Waals surface area contributed by atoms with Crippen molar-refractivity contribution in [2.45, 2.75) is 32.3 Å². The van der Waals surface area contributed by atoms with Crippen LogP contribution in [0.25, 0.3) is 0 Å². The zero-order valence-electron chi connectivity index (χ0n) is 15.2. The Hall–Kier alpha value is -2.97. The monoisotopic (exact) mass is 363 g/mol. The number of aromatic nitrogens is 1. The van der Waals surface area contributed by atoms with Gasteiger partial charge in [-0.1, -0.05) is 0 Å². The lowest BCUT2D eigenvalue weighted by molar-refractivity contribution is 0.00604. The zero-order chi connectivity index (χ0) is 19.3. The van der Waals surface area contributed by atoms with Crippen molar-refractivity contribution in [3.63, 3.8) is 0 Å². The van der Waals surface area contributed by atoms with E-state index in [2.05, 4.69) is 10.3 Å². The van der Waals surface area contributed by atoms with E-state index in [-0.39, 0.29) is 24.2 Å². The Morgan fingerprint density at radius 3 is 2.77 bits per heavy atom. The van der Waals surface area contributed by atoms with Crippen LogP contribution in [0.15, 0.2) is 34.7 Å². The second kappa shape index (κ2) is 7.94. The van der Waals surface area contributed by atoms with Gasteiger partial charge in [-0.25, -0.2) is 9.78 Å². The van der Waals surface area contributed by atoms with Crippen molar-refractivity contribution in [2.75, 3.05) is 19.6 Å². The van der Waals surface area contributed by atoms with Crippen molar-refractivity contribution < 1.29 is 18.7 Å². The first kappa shape index (κ1) is 19.4. The summed E-state index contributed by atoms with van der Waals surface area (Å²) in [6.45, 7) is 6.50. The van der Waals surface area contributed by atoms with Crippen molar-refractivity contribution in [3.8, 4) is 0 Å². The average molecular weight is 363 g/mol. The predicted molar refractivity (Wildman–Crippen MR) is 95.0 cm³/mol. The van der Waals surface area contributed by atoms with E-state index in [4.69, 9.17) is 20.6 Å². The highest BCUT2D eigenvalue weighted by Gasteiger charge is 2.37. The Bertz CT molecular complexity index is 711. The number of hydrogen-bond acceptors (Lipinski definition) is 7. The molecule has 142 valence electrons. The molecule has 1 aromatic heterocycles. The molecule has 2 rings (SSSR count). The summed E-state index contributed by atoms with van der Waals surface area (Å²) < 4.78 is 10.7. The van der Waals surface area contributed by atoms with Crippen LogP contribution in [0.4, 0.5) is 4.79 Å². The summed E-state index contributed by atoms with van der Waals surface area (Å²) in [6, 6.07) is 0. The van der Waals surface area contributed by atoms with Crippen LogP contribution in [0.5, 0.6) is 0 Å². The van der Waals surface area contributed by atoms with Crippen LogP contribution in [-0.4, -0.2) is 47.1 Å². The minimum Gasteiger partial charge on any atom is -0.448 e. The van der Waals surface area contributed by atoms with Crippen molar-refractivity contribution in [1.82, 2.24) is 15.2 Å². The minimum atomic E-state index is -0.535. The van der Waals surface area contributed by atoms with Gasteiger partial charge in [0.1, 0.15) is 11.9 Å². The minimum absolute atomic E-state index is 0.0521. The number of amides is 2. The number of oxazole rings is 1. The summed E-state index contributed by atoms with van der Waals surface area (Å²) in [5.74, 6) is -0.0235. The Morgan fingerprint density at radius 2 is 2.15 bits per heavy atom. The molecule has 1 aliphatic heterocycles. The number of nitrogens with zero attached hydrogens (tertiary/aromatic N) is 2. The molecule has 0 aliphatic carbocycles. The molecule has 0 atom stereocenters. The van der Waals surface area contributed by atoms with Crippen LogP contribution in [0.3, 0.4) is 0 Å². The first-order valence-corrected chi connectivity index (χ1v) is 8.24. The molecule has 0 radical (unpaired) electrons. The molecular weight excluding hydrogens is 338 g/mol. The van der Waals surface area contributed by atoms with Crippen molar-refractivity contribution in [2.24, 2.45) is 11.5 Å². The molecule has 26 heavy (non-hydrogen) atoms. The lowest BCUT2D eigenvalue weighted by Gasteiger charge is -2.38. The van der Waals surface area contributed by atoms with Gasteiger partial charge in [0.15, 0.2) is 5.69 Å². The summed E-state index contributed by atoms with van der Waals surface area (Å²) in [4.78, 5) is 29.7. The molecule has 9 heteroatoms. The first-order chi connectivity index (χ1) is 12.2. The zero-order valence-corrected chi connectivity index (χ0v) is 15.2. The number of ether oxygens (including phenoxy) is 1. The summed E-state index contributed by atoms with van der Waals surface area (Å²) in [6.07, 6.45) is 5.43. The highest BCUT2D eigenvalue weighted by atomic mass is 16.6. The number of hydrogen-bond donors (Lipinski definition) is 3. The second-order valence-electron chi connectivity index (χ2n) is 6.96. The molecule has 9 nitrogen and oxygen atoms in total. The third kappa shape index (κ3) is 5.27. The summed E-state index contributed by atoms with van der Waals surface area (Å²) in [5, 5.41) is 2.63. The number of allylic oxidation sites excluding steroid dienone is 2. The highest BCUT2D eigenvalue weighted by molar-refractivity contribution is 5.92. The Labute approximate surface area is 152 Å². The van der Waals surface area contributed by atoms with Gasteiger partial charge in [-0.3, -0.25) is 4.79 Å². The lowest BCUT2D eigenvalue weighted by Crippen LogP contribution is -2.50. The van der Waals surface area contributed by atoms with Crippen LogP contribution in [0, 0.1) is 0 Å². The van der Waals surface area contributed by atoms with Crippen LogP contribution >= 0.6 is 0 Å². The van der Waals surface area contributed by atoms with Crippen LogP contribution in [0.1, 0.15) is 43.1 Å². The van der Waals surface area contributed by atoms with E-state index >= 15 is 0 Å². The molecule has 0 spiro atoms. The van der Waals surface area contributed by atoms with E-state index in [1.54, 1.807) is 17.1 Å². The third-order valence-electron chi connectivity index (χ3n) is 3.51. The van der Waals surface area contributed by atoms with Crippen LogP contribution in [-0.2, 0) is 4.74 Å². The molecule has 0 bridgehead atoms. The molecule has 2 amide bonds. The fraction of sp³-hybridized carbons (Fsp3) is 0.471. The molecule has 1 fully saturated rings. The predicted octanol–water partition coefficient (Wildman–Crippen LogP) is 1.05. The van der Waals surface area contributed by atoms with Gasteiger partial charge < -0.3 is 30.8 Å². The van der Waals surface area contributed by atoms with Gasteiger partial charge in [-0.05, 0) is 39.1 Å². The van der Waals surface area contributed by atoms with E-state index in [1.165, 1.54) is 12.5 Å². The molecule has 1 saturated heterocycles. The molecule has 1 aliphatic rings. The van der Waals surface area contributed by atoms with Crippen molar-refractivity contribution >= 4 is 12.0 Å². The first-order valence-electron chi connectivity index (χ1n) is 8.24. The number of rotatable bonds is 5. The largest absolute Gasteiger partial charge is 0.448 e. The van der Waals surface area contributed by atoms with Crippen molar-refractivity contribution in [1.29, 1.82) is 0 Å². The van der Waals surface area contributed by atoms with Gasteiger partial charge in [-0.2, -0.15) is 0 Å². The molecule has 5 N–H and O–H groups in total. The molecule has 2 heterocycles. The molecule has 1 aromatic rings. The number of carbonyl (C=O) groups is 2. The van der Waals surface area contributed by atoms with E-state index in [9.17, 15) is 9.59 Å². The molecule has 0 aromatic carbocycles. The van der Waals surface area contributed by atoms with Crippen molar-refractivity contribution in [3.05, 3.63) is 41.9 Å². The fourth-order valence-corrected chi connectivity index (χ4v) is 2.20. The summed E-state index contributed by atoms with van der Waals surface area (Å²) >= 11 is 0. The lowest BCUT2D eigenvalue weighted by atomic mass is 10.0. The standard InChI is InChI=1S/C17H25N5O4/c1-17(2,3)26-16(24)22-8-11(9-22)15-21-13(10-25-15)14(23)20-7-12(19)5-4-6-18/h4-6,10-11H,7-9,18-19H2,1-3H3,(H,20,23)/b6-4-,12-5-. The normalized spacial score (nSPS) is 15.8. The van der Waals surface area contributed by atoms with Gasteiger partial charge in [0.2, 0.25) is 5.89 Å². The maximum absolute atomic E-state index is 12.1. The summed E-state index contributed by atoms with van der Waals surface area (Å²) in [5.41, 5.74) is 11.0. The molecule has 0 unspecified atom stereocenters. The quantitative estimate of drug-likeness (QED) is 0.665. The maximum Gasteiger partial charge on any atom is 0.410 e. The Balaban J connectivity index is 1.83. The number of nitrogens with one attached hydrogen (secondary N) is 1. The number of carbonyl (C=O) groups excluding carboxylic acids is 2. The highest BCUT2D eigenvalue weighted by Crippen LogP contribution is 2.27.